The van der Waals surface area contributed by atoms with Crippen LogP contribution in [0.25, 0.3) is 11.3 Å². The van der Waals surface area contributed by atoms with E-state index in [1.54, 1.807) is 6.92 Å². The summed E-state index contributed by atoms with van der Waals surface area (Å²) in [4.78, 5) is 16.1. The third-order valence-corrected chi connectivity index (χ3v) is 3.94. The summed E-state index contributed by atoms with van der Waals surface area (Å²) >= 11 is 0. The van der Waals surface area contributed by atoms with Gasteiger partial charge in [-0.25, -0.2) is 9.78 Å². The molecule has 0 aliphatic heterocycles. The van der Waals surface area contributed by atoms with Gasteiger partial charge in [0.25, 0.3) is 0 Å². The summed E-state index contributed by atoms with van der Waals surface area (Å²) in [5, 5.41) is 3.54. The first-order chi connectivity index (χ1) is 10.6. The number of aryl methyl sites for hydroxylation is 1. The van der Waals surface area contributed by atoms with E-state index in [1.165, 1.54) is 24.8 Å². The first-order valence-corrected chi connectivity index (χ1v) is 7.59. The maximum Gasteiger partial charge on any atom is 0.360 e. The lowest BCUT2D eigenvalue weighted by molar-refractivity contribution is 0.0520. The van der Waals surface area contributed by atoms with E-state index in [4.69, 9.17) is 9.15 Å². The number of ether oxygens (including phenoxy) is 1. The molecule has 0 bridgehead atoms. The van der Waals surface area contributed by atoms with Gasteiger partial charge in [-0.1, -0.05) is 6.07 Å². The van der Waals surface area contributed by atoms with E-state index in [9.17, 15) is 4.79 Å². The highest BCUT2D eigenvalue weighted by Gasteiger charge is 2.27. The molecule has 2 aromatic rings. The summed E-state index contributed by atoms with van der Waals surface area (Å²) < 4.78 is 10.6. The first kappa shape index (κ1) is 14.6. The average molecular weight is 300 g/mol. The van der Waals surface area contributed by atoms with Crippen LogP contribution in [0.5, 0.6) is 0 Å². The number of oxazole rings is 1. The molecule has 3 rings (SSSR count). The minimum atomic E-state index is -0.457. The number of nitrogens with zero attached hydrogens (tertiary/aromatic N) is 1. The van der Waals surface area contributed by atoms with Crippen molar-refractivity contribution in [2.24, 2.45) is 0 Å². The molecule has 1 aliphatic rings. The van der Waals surface area contributed by atoms with Gasteiger partial charge in [-0.3, -0.25) is 0 Å². The minimum absolute atomic E-state index is 0.226. The molecule has 22 heavy (non-hydrogen) atoms. The van der Waals surface area contributed by atoms with E-state index >= 15 is 0 Å². The van der Waals surface area contributed by atoms with Crippen LogP contribution >= 0.6 is 0 Å². The van der Waals surface area contributed by atoms with Gasteiger partial charge in [0.05, 0.1) is 6.61 Å². The highest BCUT2D eigenvalue weighted by Crippen LogP contribution is 2.37. The number of hydrogen-bond acceptors (Lipinski definition) is 5. The van der Waals surface area contributed by atoms with E-state index in [-0.39, 0.29) is 5.69 Å². The van der Waals surface area contributed by atoms with Crippen molar-refractivity contribution in [3.8, 4) is 11.3 Å². The lowest BCUT2D eigenvalue weighted by Crippen LogP contribution is -2.09. The number of benzene rings is 1. The SMILES string of the molecule is CCOC(=O)c1ncoc1-c1ccc(C)c(C)c1NC1CC1. The zero-order chi connectivity index (χ0) is 15.7. The molecule has 116 valence electrons. The van der Waals surface area contributed by atoms with Crippen LogP contribution in [-0.2, 0) is 4.74 Å². The van der Waals surface area contributed by atoms with Gasteiger partial charge in [0.1, 0.15) is 0 Å². The second-order valence-corrected chi connectivity index (χ2v) is 5.60. The molecule has 1 saturated carbocycles. The lowest BCUT2D eigenvalue weighted by atomic mass is 10.00. The topological polar surface area (TPSA) is 64.4 Å². The largest absolute Gasteiger partial charge is 0.461 e. The normalized spacial score (nSPS) is 14.0. The lowest BCUT2D eigenvalue weighted by Gasteiger charge is -2.15. The van der Waals surface area contributed by atoms with Gasteiger partial charge in [0.15, 0.2) is 17.8 Å². The predicted octanol–water partition coefficient (Wildman–Crippen LogP) is 3.71. The first-order valence-electron chi connectivity index (χ1n) is 7.59. The Labute approximate surface area is 129 Å². The van der Waals surface area contributed by atoms with Crippen molar-refractivity contribution < 1.29 is 13.9 Å². The number of esters is 1. The predicted molar refractivity (Wildman–Crippen MR) is 84.0 cm³/mol. The number of carbonyl (C=O) groups excluding carboxylic acids is 1. The summed E-state index contributed by atoms with van der Waals surface area (Å²) in [5.41, 5.74) is 4.46. The molecule has 0 radical (unpaired) electrons. The number of carbonyl (C=O) groups is 1. The summed E-state index contributed by atoms with van der Waals surface area (Å²) in [6, 6.07) is 4.50. The Morgan fingerprint density at radius 1 is 1.41 bits per heavy atom. The fraction of sp³-hybridized carbons (Fsp3) is 0.412. The molecule has 1 heterocycles. The Morgan fingerprint density at radius 2 is 2.18 bits per heavy atom. The zero-order valence-electron chi connectivity index (χ0n) is 13.1. The second-order valence-electron chi connectivity index (χ2n) is 5.60. The molecular formula is C17H20N2O3. The molecule has 1 fully saturated rings. The van der Waals surface area contributed by atoms with Gasteiger partial charge in [-0.05, 0) is 50.8 Å². The van der Waals surface area contributed by atoms with Crippen LogP contribution in [0.1, 0.15) is 41.4 Å². The van der Waals surface area contributed by atoms with Crippen LogP contribution < -0.4 is 5.32 Å². The minimum Gasteiger partial charge on any atom is -0.461 e. The summed E-state index contributed by atoms with van der Waals surface area (Å²) in [5.74, 6) is 0.00606. The van der Waals surface area contributed by atoms with E-state index in [1.807, 2.05) is 12.1 Å². The highest BCUT2D eigenvalue weighted by molar-refractivity contribution is 5.96. The fourth-order valence-corrected chi connectivity index (χ4v) is 2.40. The van der Waals surface area contributed by atoms with Crippen LogP contribution in [0, 0.1) is 13.8 Å². The van der Waals surface area contributed by atoms with Crippen molar-refractivity contribution in [2.75, 3.05) is 11.9 Å². The number of rotatable bonds is 5. The van der Waals surface area contributed by atoms with Crippen molar-refractivity contribution >= 4 is 11.7 Å². The highest BCUT2D eigenvalue weighted by atomic mass is 16.5. The molecule has 1 aliphatic carbocycles. The van der Waals surface area contributed by atoms with Crippen molar-refractivity contribution in [1.82, 2.24) is 4.98 Å². The third kappa shape index (κ3) is 2.71. The maximum atomic E-state index is 12.0. The molecule has 1 aromatic heterocycles. The number of aromatic nitrogens is 1. The van der Waals surface area contributed by atoms with Gasteiger partial charge in [-0.2, -0.15) is 0 Å². The van der Waals surface area contributed by atoms with E-state index in [0.29, 0.717) is 18.4 Å². The molecule has 5 nitrogen and oxygen atoms in total. The molecule has 1 aromatic carbocycles. The fourth-order valence-electron chi connectivity index (χ4n) is 2.40. The Kier molecular flexibility index (Phi) is 3.88. The quantitative estimate of drug-likeness (QED) is 0.853. The number of anilines is 1. The van der Waals surface area contributed by atoms with E-state index < -0.39 is 5.97 Å². The monoisotopic (exact) mass is 300 g/mol. The summed E-state index contributed by atoms with van der Waals surface area (Å²) in [6.07, 6.45) is 3.64. The molecule has 0 unspecified atom stereocenters. The zero-order valence-corrected chi connectivity index (χ0v) is 13.1. The van der Waals surface area contributed by atoms with Gasteiger partial charge in [0.2, 0.25) is 0 Å². The standard InChI is InChI=1S/C17H20N2O3/c1-4-21-17(20)15-16(22-9-18-15)13-8-5-10(2)11(3)14(13)19-12-6-7-12/h5,8-9,12,19H,4,6-7H2,1-3H3. The Hall–Kier alpha value is -2.30. The van der Waals surface area contributed by atoms with Crippen molar-refractivity contribution in [3.05, 3.63) is 35.3 Å². The molecule has 0 amide bonds. The second kappa shape index (κ2) is 5.83. The van der Waals surface area contributed by atoms with Gasteiger partial charge >= 0.3 is 5.97 Å². The molecule has 1 N–H and O–H groups in total. The van der Waals surface area contributed by atoms with Gasteiger partial charge in [0, 0.05) is 17.3 Å². The van der Waals surface area contributed by atoms with E-state index in [0.717, 1.165) is 16.8 Å². The van der Waals surface area contributed by atoms with Gasteiger partial charge < -0.3 is 14.5 Å². The smallest absolute Gasteiger partial charge is 0.360 e. The Balaban J connectivity index is 2.06. The summed E-state index contributed by atoms with van der Waals surface area (Å²) in [6.45, 7) is 6.23. The number of nitrogens with one attached hydrogen (secondary N) is 1. The van der Waals surface area contributed by atoms with Crippen LogP contribution in [0.3, 0.4) is 0 Å². The van der Waals surface area contributed by atoms with Gasteiger partial charge in [-0.15, -0.1) is 0 Å². The molecule has 0 saturated heterocycles. The molecule has 0 spiro atoms. The van der Waals surface area contributed by atoms with Crippen LogP contribution in [0.15, 0.2) is 22.9 Å². The molecule has 0 atom stereocenters. The Morgan fingerprint density at radius 3 is 2.86 bits per heavy atom. The van der Waals surface area contributed by atoms with Crippen LogP contribution in [0.4, 0.5) is 5.69 Å². The third-order valence-electron chi connectivity index (χ3n) is 3.94. The Bertz CT molecular complexity index is 702. The van der Waals surface area contributed by atoms with Crippen LogP contribution in [-0.4, -0.2) is 23.6 Å². The molecule has 5 heteroatoms. The number of hydrogen-bond donors (Lipinski definition) is 1. The van der Waals surface area contributed by atoms with Crippen molar-refractivity contribution in [3.63, 3.8) is 0 Å². The van der Waals surface area contributed by atoms with Crippen LogP contribution in [0.2, 0.25) is 0 Å². The van der Waals surface area contributed by atoms with E-state index in [2.05, 4.69) is 24.1 Å². The van der Waals surface area contributed by atoms with Crippen molar-refractivity contribution in [2.45, 2.75) is 39.7 Å². The average Bonchev–Trinajstić information content (AvgIpc) is 3.18. The maximum absolute atomic E-state index is 12.0. The molecular weight excluding hydrogens is 280 g/mol. The summed E-state index contributed by atoms with van der Waals surface area (Å²) in [7, 11) is 0. The van der Waals surface area contributed by atoms with Crippen molar-refractivity contribution in [1.29, 1.82) is 0 Å².